The van der Waals surface area contributed by atoms with Crippen molar-refractivity contribution in [2.75, 3.05) is 27.3 Å². The van der Waals surface area contributed by atoms with Crippen molar-refractivity contribution < 1.29 is 28.7 Å². The quantitative estimate of drug-likeness (QED) is 0.0999. The first kappa shape index (κ1) is 39.6. The van der Waals surface area contributed by atoms with Crippen molar-refractivity contribution in [3.63, 3.8) is 0 Å². The van der Waals surface area contributed by atoms with E-state index in [0.29, 0.717) is 24.8 Å². The molecule has 4 heterocycles. The summed E-state index contributed by atoms with van der Waals surface area (Å²) in [6.45, 7) is 8.74. The van der Waals surface area contributed by atoms with Gasteiger partial charge in [-0.1, -0.05) is 64.1 Å². The van der Waals surface area contributed by atoms with Crippen molar-refractivity contribution >= 4 is 45.8 Å². The number of methoxy groups -OCH3 is 2. The fourth-order valence-electron chi connectivity index (χ4n) is 8.47. The van der Waals surface area contributed by atoms with E-state index in [2.05, 4.69) is 75.2 Å². The predicted molar refractivity (Wildman–Crippen MR) is 224 cm³/mol. The average molecular weight is 801 g/mol. The number of nitrogens with one attached hydrogen (secondary N) is 4. The van der Waals surface area contributed by atoms with E-state index < -0.39 is 24.3 Å². The predicted octanol–water partition coefficient (Wildman–Crippen LogP) is 7.42. The Bertz CT molecular complexity index is 2450. The zero-order valence-electron chi connectivity index (χ0n) is 34.4. The molecule has 1 aliphatic carbocycles. The van der Waals surface area contributed by atoms with Crippen LogP contribution in [0.25, 0.3) is 44.2 Å². The average Bonchev–Trinajstić information content (AvgIpc) is 3.63. The summed E-state index contributed by atoms with van der Waals surface area (Å²) >= 11 is 0. The van der Waals surface area contributed by atoms with Crippen LogP contribution in [0.3, 0.4) is 0 Å². The number of imidazole rings is 2. The van der Waals surface area contributed by atoms with Gasteiger partial charge in [0.2, 0.25) is 11.8 Å². The van der Waals surface area contributed by atoms with Crippen LogP contribution in [0.15, 0.2) is 72.4 Å². The van der Waals surface area contributed by atoms with Crippen LogP contribution < -0.4 is 10.6 Å². The number of hydrogen-bond donors (Lipinski definition) is 4. The molecule has 5 aromatic rings. The number of fused-ring (bicyclic) bond motifs is 2. The summed E-state index contributed by atoms with van der Waals surface area (Å²) in [7, 11) is 2.59. The van der Waals surface area contributed by atoms with Gasteiger partial charge in [0.05, 0.1) is 43.2 Å². The number of hydrogen-bond acceptors (Lipinski definition) is 8. The van der Waals surface area contributed by atoms with Gasteiger partial charge in [0.25, 0.3) is 0 Å². The lowest BCUT2D eigenvalue weighted by Crippen LogP contribution is -2.51. The minimum Gasteiger partial charge on any atom is -0.453 e. The second-order valence-corrected chi connectivity index (χ2v) is 16.6. The first-order chi connectivity index (χ1) is 28.4. The van der Waals surface area contributed by atoms with Crippen LogP contribution in [0, 0.1) is 17.8 Å². The summed E-state index contributed by atoms with van der Waals surface area (Å²) in [5, 5.41) is 7.60. The van der Waals surface area contributed by atoms with Gasteiger partial charge in [-0.3, -0.25) is 9.59 Å². The molecule has 8 rings (SSSR count). The van der Waals surface area contributed by atoms with Gasteiger partial charge < -0.3 is 39.9 Å². The zero-order valence-corrected chi connectivity index (χ0v) is 34.4. The summed E-state index contributed by atoms with van der Waals surface area (Å²) in [6, 6.07) is 16.9. The van der Waals surface area contributed by atoms with Crippen molar-refractivity contribution in [3.8, 4) is 22.4 Å². The molecule has 2 aliphatic heterocycles. The number of carbonyl (C=O) groups is 4. The molecule has 1 saturated carbocycles. The van der Waals surface area contributed by atoms with Crippen molar-refractivity contribution in [1.29, 1.82) is 0 Å². The Kier molecular flexibility index (Phi) is 10.9. The Morgan fingerprint density at radius 2 is 1.36 bits per heavy atom. The molecule has 1 saturated heterocycles. The zero-order chi connectivity index (χ0) is 41.5. The first-order valence-corrected chi connectivity index (χ1v) is 20.5. The Morgan fingerprint density at radius 3 is 2.00 bits per heavy atom. The third-order valence-corrected chi connectivity index (χ3v) is 11.9. The lowest BCUT2D eigenvalue weighted by Gasteiger charge is -2.30. The highest BCUT2D eigenvalue weighted by Crippen LogP contribution is 2.43. The van der Waals surface area contributed by atoms with Crippen LogP contribution >= 0.6 is 0 Å². The molecule has 14 heteroatoms. The number of benzene rings is 3. The first-order valence-electron chi connectivity index (χ1n) is 20.5. The van der Waals surface area contributed by atoms with Crippen molar-refractivity contribution in [2.45, 2.75) is 77.5 Å². The van der Waals surface area contributed by atoms with E-state index >= 15 is 0 Å². The molecule has 308 valence electrons. The van der Waals surface area contributed by atoms with E-state index in [9.17, 15) is 19.2 Å². The van der Waals surface area contributed by atoms with Gasteiger partial charge in [0.1, 0.15) is 29.8 Å². The highest BCUT2D eigenvalue weighted by molar-refractivity contribution is 5.92. The van der Waals surface area contributed by atoms with Crippen molar-refractivity contribution in [1.82, 2.24) is 40.4 Å². The fourth-order valence-corrected chi connectivity index (χ4v) is 8.47. The summed E-state index contributed by atoms with van der Waals surface area (Å²) < 4.78 is 9.60. The smallest absolute Gasteiger partial charge is 0.407 e. The lowest BCUT2D eigenvalue weighted by atomic mass is 9.99. The van der Waals surface area contributed by atoms with Gasteiger partial charge in [0.15, 0.2) is 0 Å². The maximum atomic E-state index is 14.0. The topological polar surface area (TPSA) is 175 Å². The molecular formula is C45H52N8O6. The van der Waals surface area contributed by atoms with Crippen LogP contribution in [0.5, 0.6) is 0 Å². The molecule has 4 N–H and O–H groups in total. The molecule has 0 spiro atoms. The van der Waals surface area contributed by atoms with E-state index in [0.717, 1.165) is 75.7 Å². The number of likely N-dealkylation sites (tertiary alicyclic amines) is 1. The standard InChI is InChI=1S/C45H52N8O6/c1-24(2)38(50-44(56)58-5)42(54)52-17-7-8-36(52)40-46-22-35(49-40)31-14-13-27-18-28(11-12-29(27)19-31)30-15-16-33-34(20-30)48-41(47-33)37-21-32(26-9-10-26)23-53(37)43(55)39(25(3)4)51-45(57)59-6/h11-16,18-22,24-26,36-39H,7-10,17,23H2,1-6H3,(H,46,49)(H,47,48)(H,50,56)(H,51,57)/t36-,37-,38-,39-/m0/s1. The summed E-state index contributed by atoms with van der Waals surface area (Å²) in [6.07, 6.45) is 6.60. The number of H-pyrrole nitrogens is 2. The molecule has 0 unspecified atom stereocenters. The monoisotopic (exact) mass is 800 g/mol. The molecular weight excluding hydrogens is 749 g/mol. The SMILES string of the molecule is COC(=O)N[C@H](C(=O)N1CC(C2CC2)=C[C@H]1c1nc2ccc(-c3ccc4cc(-c5cnc([C@@H]6CCCN6C(=O)[C@@H](NC(=O)OC)C(C)C)[nH]5)ccc4c3)cc2[nH]1)C(C)C. The number of aromatic amines is 2. The molecule has 4 atom stereocenters. The third-order valence-electron chi connectivity index (χ3n) is 11.9. The maximum absolute atomic E-state index is 14.0. The Balaban J connectivity index is 1.00. The van der Waals surface area contributed by atoms with Crippen molar-refractivity contribution in [3.05, 3.63) is 84.1 Å². The van der Waals surface area contributed by atoms with Gasteiger partial charge in [0, 0.05) is 18.7 Å². The molecule has 59 heavy (non-hydrogen) atoms. The second-order valence-electron chi connectivity index (χ2n) is 16.6. The van der Waals surface area contributed by atoms with E-state index in [1.807, 2.05) is 49.8 Å². The van der Waals surface area contributed by atoms with Crippen LogP contribution in [0.4, 0.5) is 9.59 Å². The number of aromatic nitrogens is 4. The molecule has 3 aliphatic rings. The summed E-state index contributed by atoms with van der Waals surface area (Å²) in [4.78, 5) is 72.1. The summed E-state index contributed by atoms with van der Waals surface area (Å²) in [5.74, 6) is 1.36. The minimum atomic E-state index is -0.726. The lowest BCUT2D eigenvalue weighted by molar-refractivity contribution is -0.136. The molecule has 3 aromatic carbocycles. The number of rotatable bonds is 11. The molecule has 2 fully saturated rings. The second kappa shape index (κ2) is 16.2. The third kappa shape index (κ3) is 8.00. The fraction of sp³-hybridized carbons (Fsp3) is 0.422. The number of ether oxygens (including phenoxy) is 2. The number of alkyl carbamates (subject to hydrolysis) is 2. The molecule has 0 radical (unpaired) electrons. The molecule has 2 aromatic heterocycles. The normalized spacial score (nSPS) is 19.0. The molecule has 0 bridgehead atoms. The van der Waals surface area contributed by atoms with Gasteiger partial charge >= 0.3 is 12.2 Å². The largest absolute Gasteiger partial charge is 0.453 e. The van der Waals surface area contributed by atoms with Gasteiger partial charge in [-0.05, 0) is 95.2 Å². The molecule has 14 nitrogen and oxygen atoms in total. The number of amides is 4. The van der Waals surface area contributed by atoms with Crippen LogP contribution in [0.1, 0.15) is 77.1 Å². The molecule has 4 amide bonds. The Labute approximate surface area is 343 Å². The highest BCUT2D eigenvalue weighted by atomic mass is 16.5. The van der Waals surface area contributed by atoms with E-state index in [-0.39, 0.29) is 35.7 Å². The van der Waals surface area contributed by atoms with E-state index in [4.69, 9.17) is 19.4 Å². The van der Waals surface area contributed by atoms with Gasteiger partial charge in [-0.25, -0.2) is 19.6 Å². The Hall–Kier alpha value is -6.18. The highest BCUT2D eigenvalue weighted by Gasteiger charge is 2.41. The van der Waals surface area contributed by atoms with E-state index in [1.165, 1.54) is 19.8 Å². The van der Waals surface area contributed by atoms with Crippen molar-refractivity contribution in [2.24, 2.45) is 17.8 Å². The number of nitrogens with zero attached hydrogens (tertiary/aromatic N) is 4. The Morgan fingerprint density at radius 1 is 0.746 bits per heavy atom. The van der Waals surface area contributed by atoms with Gasteiger partial charge in [-0.15, -0.1) is 0 Å². The van der Waals surface area contributed by atoms with Crippen LogP contribution in [-0.4, -0.2) is 93.1 Å². The van der Waals surface area contributed by atoms with Gasteiger partial charge in [-0.2, -0.15) is 0 Å². The minimum absolute atomic E-state index is 0.110. The number of carbonyl (C=O) groups excluding carboxylic acids is 4. The van der Waals surface area contributed by atoms with Crippen LogP contribution in [-0.2, 0) is 19.1 Å². The summed E-state index contributed by atoms with van der Waals surface area (Å²) in [5.41, 5.74) is 6.86. The van der Waals surface area contributed by atoms with Crippen LogP contribution in [0.2, 0.25) is 0 Å². The maximum Gasteiger partial charge on any atom is 0.407 e. The van der Waals surface area contributed by atoms with E-state index in [1.54, 1.807) is 0 Å².